The third kappa shape index (κ3) is 4.81. The van der Waals surface area contributed by atoms with Crippen LogP contribution in [-0.2, 0) is 4.74 Å². The summed E-state index contributed by atoms with van der Waals surface area (Å²) >= 11 is 0. The number of pyridine rings is 2. The maximum atomic E-state index is 14.7. The van der Waals surface area contributed by atoms with E-state index >= 15 is 0 Å². The van der Waals surface area contributed by atoms with Gasteiger partial charge in [-0.3, -0.25) is 9.78 Å². The average molecular weight is 465 g/mol. The molecule has 0 unspecified atom stereocenters. The summed E-state index contributed by atoms with van der Waals surface area (Å²) in [6.07, 6.45) is 5.11. The molecule has 0 spiro atoms. The molecule has 176 valence electrons. The molecule has 3 aromatic rings. The fourth-order valence-electron chi connectivity index (χ4n) is 3.94. The van der Waals surface area contributed by atoms with Gasteiger partial charge in [-0.05, 0) is 49.2 Å². The van der Waals surface area contributed by atoms with Crippen molar-refractivity contribution in [3.05, 3.63) is 65.9 Å². The van der Waals surface area contributed by atoms with Crippen LogP contribution in [0.2, 0.25) is 0 Å². The van der Waals surface area contributed by atoms with Crippen LogP contribution < -0.4 is 21.7 Å². The van der Waals surface area contributed by atoms with Crippen LogP contribution in [0.5, 0.6) is 0 Å². The van der Waals surface area contributed by atoms with Gasteiger partial charge in [0.25, 0.3) is 5.91 Å². The van der Waals surface area contributed by atoms with E-state index in [1.54, 1.807) is 12.4 Å². The minimum Gasteiger partial charge on any atom is -0.465 e. The van der Waals surface area contributed by atoms with Crippen molar-refractivity contribution >= 4 is 28.9 Å². The number of nitrogens with two attached hydrogens (primary N) is 2. The summed E-state index contributed by atoms with van der Waals surface area (Å²) in [6, 6.07) is 8.75. The van der Waals surface area contributed by atoms with E-state index in [1.165, 1.54) is 31.4 Å². The topological polar surface area (TPSA) is 136 Å². The van der Waals surface area contributed by atoms with Crippen molar-refractivity contribution in [1.29, 1.82) is 0 Å². The van der Waals surface area contributed by atoms with Crippen LogP contribution in [0.4, 0.5) is 21.5 Å². The average Bonchev–Trinajstić information content (AvgIpc) is 2.84. The first kappa shape index (κ1) is 23.1. The Kier molecular flexibility index (Phi) is 6.69. The highest BCUT2D eigenvalue weighted by molar-refractivity contribution is 6.08. The van der Waals surface area contributed by atoms with Gasteiger partial charge in [-0.25, -0.2) is 14.2 Å². The molecule has 1 amide bonds. The Morgan fingerprint density at radius 2 is 2.06 bits per heavy atom. The molecule has 9 nitrogen and oxygen atoms in total. The molecule has 34 heavy (non-hydrogen) atoms. The minimum atomic E-state index is -0.678. The predicted octanol–water partition coefficient (Wildman–Crippen LogP) is 2.83. The summed E-state index contributed by atoms with van der Waals surface area (Å²) in [5.74, 6) is -1.89. The second-order valence-electron chi connectivity index (χ2n) is 8.02. The molecule has 1 aliphatic heterocycles. The summed E-state index contributed by atoms with van der Waals surface area (Å²) in [4.78, 5) is 35.3. The highest BCUT2D eigenvalue weighted by Crippen LogP contribution is 2.29. The molecule has 0 bridgehead atoms. The standard InChI is InChI=1S/C24H25FN6O3/c1-34-24(33)14-4-5-16(17(25)11-14)19-7-6-18(27)22(29-19)23(32)30-20-12-28-9-8-21(20)31-10-2-3-15(26)13-31/h4-9,11-12,15H,2-3,10,13,26-27H2,1H3,(H,30,32)/t15-/m0/s1. The van der Waals surface area contributed by atoms with Crippen LogP contribution in [-0.4, -0.2) is 48.1 Å². The van der Waals surface area contributed by atoms with Crippen molar-refractivity contribution in [1.82, 2.24) is 9.97 Å². The predicted molar refractivity (Wildman–Crippen MR) is 127 cm³/mol. The highest BCUT2D eigenvalue weighted by Gasteiger charge is 2.22. The van der Waals surface area contributed by atoms with Crippen LogP contribution in [0.1, 0.15) is 33.7 Å². The van der Waals surface area contributed by atoms with Crippen molar-refractivity contribution in [2.45, 2.75) is 18.9 Å². The van der Waals surface area contributed by atoms with Crippen molar-refractivity contribution in [3.8, 4) is 11.3 Å². The number of hydrogen-bond donors (Lipinski definition) is 3. The zero-order valence-corrected chi connectivity index (χ0v) is 18.6. The lowest BCUT2D eigenvalue weighted by molar-refractivity contribution is 0.0600. The summed E-state index contributed by atoms with van der Waals surface area (Å²) in [7, 11) is 1.22. The van der Waals surface area contributed by atoms with E-state index < -0.39 is 17.7 Å². The molecule has 1 saturated heterocycles. The number of carbonyl (C=O) groups excluding carboxylic acids is 2. The number of benzene rings is 1. The fraction of sp³-hybridized carbons (Fsp3) is 0.250. The van der Waals surface area contributed by atoms with E-state index in [-0.39, 0.29) is 34.2 Å². The number of anilines is 3. The maximum Gasteiger partial charge on any atom is 0.337 e. The molecule has 0 aliphatic carbocycles. The zero-order chi connectivity index (χ0) is 24.2. The number of rotatable bonds is 5. The number of ether oxygens (including phenoxy) is 1. The first-order valence-electron chi connectivity index (χ1n) is 10.8. The van der Waals surface area contributed by atoms with Crippen LogP contribution in [0.15, 0.2) is 48.8 Å². The zero-order valence-electron chi connectivity index (χ0n) is 18.6. The molecule has 2 aromatic heterocycles. The molecule has 0 radical (unpaired) electrons. The van der Waals surface area contributed by atoms with Crippen molar-refractivity contribution in [3.63, 3.8) is 0 Å². The summed E-state index contributed by atoms with van der Waals surface area (Å²) < 4.78 is 19.3. The molecule has 1 fully saturated rings. The lowest BCUT2D eigenvalue weighted by Crippen LogP contribution is -2.43. The molecular weight excluding hydrogens is 439 g/mol. The van der Waals surface area contributed by atoms with E-state index in [9.17, 15) is 14.0 Å². The van der Waals surface area contributed by atoms with Gasteiger partial charge in [-0.15, -0.1) is 0 Å². The lowest BCUT2D eigenvalue weighted by atomic mass is 10.1. The molecule has 3 heterocycles. The van der Waals surface area contributed by atoms with E-state index in [2.05, 4.69) is 24.9 Å². The van der Waals surface area contributed by atoms with Gasteiger partial charge in [-0.2, -0.15) is 0 Å². The number of aromatic nitrogens is 2. The largest absolute Gasteiger partial charge is 0.465 e. The maximum absolute atomic E-state index is 14.7. The summed E-state index contributed by atoms with van der Waals surface area (Å²) in [5, 5.41) is 2.82. The summed E-state index contributed by atoms with van der Waals surface area (Å²) in [6.45, 7) is 1.49. The molecule has 5 N–H and O–H groups in total. The van der Waals surface area contributed by atoms with Crippen LogP contribution in [0.3, 0.4) is 0 Å². The van der Waals surface area contributed by atoms with Gasteiger partial charge in [0, 0.05) is 30.9 Å². The molecular formula is C24H25FN6O3. The van der Waals surface area contributed by atoms with Crippen molar-refractivity contribution in [2.24, 2.45) is 5.73 Å². The van der Waals surface area contributed by atoms with Gasteiger partial charge in [0.05, 0.1) is 41.6 Å². The van der Waals surface area contributed by atoms with Crippen molar-refractivity contribution < 1.29 is 18.7 Å². The number of halogens is 1. The SMILES string of the molecule is COC(=O)c1ccc(-c2ccc(N)c(C(=O)Nc3cnccc3N3CCC[C@H](N)C3)n2)c(F)c1. The van der Waals surface area contributed by atoms with Gasteiger partial charge in [-0.1, -0.05) is 0 Å². The van der Waals surface area contributed by atoms with Gasteiger partial charge >= 0.3 is 5.97 Å². The Morgan fingerprint density at radius 1 is 1.24 bits per heavy atom. The summed E-state index contributed by atoms with van der Waals surface area (Å²) in [5.41, 5.74) is 13.9. The Balaban J connectivity index is 1.61. The number of esters is 1. The molecule has 4 rings (SSSR count). The number of nitrogen functional groups attached to an aromatic ring is 1. The van der Waals surface area contributed by atoms with E-state index in [1.807, 2.05) is 6.07 Å². The number of methoxy groups -OCH3 is 1. The second-order valence-corrected chi connectivity index (χ2v) is 8.02. The number of carbonyl (C=O) groups is 2. The Hall–Kier alpha value is -4.05. The van der Waals surface area contributed by atoms with Gasteiger partial charge < -0.3 is 26.4 Å². The monoisotopic (exact) mass is 464 g/mol. The number of nitrogens with one attached hydrogen (secondary N) is 1. The number of nitrogens with zero attached hydrogens (tertiary/aromatic N) is 3. The Bertz CT molecular complexity index is 1240. The number of amides is 1. The number of piperidine rings is 1. The first-order chi connectivity index (χ1) is 16.4. The molecule has 1 aromatic carbocycles. The normalized spacial score (nSPS) is 15.6. The van der Waals surface area contributed by atoms with Crippen LogP contribution in [0.25, 0.3) is 11.3 Å². The van der Waals surface area contributed by atoms with Gasteiger partial charge in [0.1, 0.15) is 5.82 Å². The Morgan fingerprint density at radius 3 is 2.79 bits per heavy atom. The van der Waals surface area contributed by atoms with E-state index in [4.69, 9.17) is 11.5 Å². The molecule has 1 aliphatic rings. The van der Waals surface area contributed by atoms with E-state index in [0.717, 1.165) is 31.1 Å². The van der Waals surface area contributed by atoms with Crippen LogP contribution >= 0.6 is 0 Å². The lowest BCUT2D eigenvalue weighted by Gasteiger charge is -2.33. The van der Waals surface area contributed by atoms with Crippen LogP contribution in [0, 0.1) is 5.82 Å². The second kappa shape index (κ2) is 9.84. The molecule has 0 saturated carbocycles. The van der Waals surface area contributed by atoms with Crippen molar-refractivity contribution in [2.75, 3.05) is 36.1 Å². The fourth-order valence-corrected chi connectivity index (χ4v) is 3.94. The van der Waals surface area contributed by atoms with Gasteiger partial charge in [0.2, 0.25) is 0 Å². The number of hydrogen-bond acceptors (Lipinski definition) is 8. The third-order valence-electron chi connectivity index (χ3n) is 5.65. The third-order valence-corrected chi connectivity index (χ3v) is 5.65. The van der Waals surface area contributed by atoms with Gasteiger partial charge in [0.15, 0.2) is 5.69 Å². The molecule has 1 atom stereocenters. The quantitative estimate of drug-likeness (QED) is 0.490. The van der Waals surface area contributed by atoms with E-state index in [0.29, 0.717) is 12.2 Å². The first-order valence-corrected chi connectivity index (χ1v) is 10.8. The highest BCUT2D eigenvalue weighted by atomic mass is 19.1. The smallest absolute Gasteiger partial charge is 0.337 e. The Labute approximate surface area is 195 Å². The molecule has 10 heteroatoms. The minimum absolute atomic E-state index is 0.0555.